The molecule has 3 aliphatic rings. The lowest BCUT2D eigenvalue weighted by Crippen LogP contribution is -2.39. The Kier molecular flexibility index (Phi) is 9.81. The van der Waals surface area contributed by atoms with Crippen molar-refractivity contribution < 1.29 is 18.9 Å². The first kappa shape index (κ1) is 23.6. The molecule has 2 fully saturated rings. The lowest BCUT2D eigenvalue weighted by Gasteiger charge is -2.36. The van der Waals surface area contributed by atoms with E-state index >= 15 is 0 Å². The molecule has 4 atom stereocenters. The van der Waals surface area contributed by atoms with E-state index in [0.29, 0.717) is 22.9 Å². The molecule has 0 radical (unpaired) electrons. The number of unbranched alkanes of at least 4 members (excludes halogenated alkanes) is 3. The second-order valence-corrected chi connectivity index (χ2v) is 9.15. The Morgan fingerprint density at radius 2 is 1.72 bits per heavy atom. The first-order valence-corrected chi connectivity index (χ1v) is 12.2. The first-order valence-electron chi connectivity index (χ1n) is 11.4. The Morgan fingerprint density at radius 1 is 1.00 bits per heavy atom. The third kappa shape index (κ3) is 6.69. The molecule has 0 aromatic rings. The summed E-state index contributed by atoms with van der Waals surface area (Å²) in [7, 11) is 0. The van der Waals surface area contributed by atoms with E-state index in [4.69, 9.17) is 42.1 Å². The summed E-state index contributed by atoms with van der Waals surface area (Å²) >= 11 is 13.4. The predicted molar refractivity (Wildman–Crippen MR) is 117 cm³/mol. The molecule has 0 aromatic carbocycles. The number of allylic oxidation sites excluding steroid dienone is 1. The van der Waals surface area contributed by atoms with Gasteiger partial charge in [0.05, 0.1) is 10.1 Å². The quantitative estimate of drug-likeness (QED) is 0.273. The third-order valence-corrected chi connectivity index (χ3v) is 7.02. The topological polar surface area (TPSA) is 36.9 Å². The van der Waals surface area contributed by atoms with Crippen LogP contribution in [0.15, 0.2) is 22.2 Å². The molecule has 0 N–H and O–H groups in total. The SMILES string of the molecule is CCCCC/C=C\CC1(OC2CCCCO2)CC(OC2CCCCO2)C(Cl)=C1Cl. The van der Waals surface area contributed by atoms with Crippen LogP contribution in [-0.4, -0.2) is 37.5 Å². The van der Waals surface area contributed by atoms with Crippen LogP contribution in [0.3, 0.4) is 0 Å². The van der Waals surface area contributed by atoms with Crippen molar-refractivity contribution in [3.8, 4) is 0 Å². The van der Waals surface area contributed by atoms with Crippen molar-refractivity contribution in [3.63, 3.8) is 0 Å². The fourth-order valence-electron chi connectivity index (χ4n) is 4.23. The summed E-state index contributed by atoms with van der Waals surface area (Å²) in [6.07, 6.45) is 15.9. The van der Waals surface area contributed by atoms with Gasteiger partial charge in [-0.1, -0.05) is 55.1 Å². The standard InChI is InChI=1S/C23H36Cl2O4/c1-2-3-4-5-6-9-14-23(29-20-13-8-11-16-27-20)17-18(21(24)22(23)25)28-19-12-7-10-15-26-19/h6,9,18-20H,2-5,7-8,10-17H2,1H3/b9-6-. The van der Waals surface area contributed by atoms with E-state index in [1.165, 1.54) is 19.3 Å². The van der Waals surface area contributed by atoms with Crippen molar-refractivity contribution in [2.45, 2.75) is 108 Å². The molecule has 4 unspecified atom stereocenters. The summed E-state index contributed by atoms with van der Waals surface area (Å²) in [5, 5.41) is 1.11. The number of rotatable bonds is 10. The monoisotopic (exact) mass is 446 g/mol. The van der Waals surface area contributed by atoms with Gasteiger partial charge in [-0.25, -0.2) is 0 Å². The molecule has 0 aromatic heterocycles. The summed E-state index contributed by atoms with van der Waals surface area (Å²) in [4.78, 5) is 0. The average molecular weight is 447 g/mol. The van der Waals surface area contributed by atoms with E-state index in [1.54, 1.807) is 0 Å². The van der Waals surface area contributed by atoms with Crippen LogP contribution < -0.4 is 0 Å². The third-order valence-electron chi connectivity index (χ3n) is 5.95. The first-order chi connectivity index (χ1) is 14.1. The fourth-order valence-corrected chi connectivity index (χ4v) is 4.85. The van der Waals surface area contributed by atoms with Crippen molar-refractivity contribution in [2.24, 2.45) is 0 Å². The van der Waals surface area contributed by atoms with Crippen molar-refractivity contribution in [1.82, 2.24) is 0 Å². The molecule has 166 valence electrons. The van der Waals surface area contributed by atoms with Gasteiger partial charge in [-0.05, 0) is 57.8 Å². The van der Waals surface area contributed by atoms with Crippen LogP contribution >= 0.6 is 23.2 Å². The lowest BCUT2D eigenvalue weighted by atomic mass is 9.96. The highest BCUT2D eigenvalue weighted by Gasteiger charge is 2.48. The Balaban J connectivity index is 1.67. The highest BCUT2D eigenvalue weighted by molar-refractivity contribution is 6.40. The van der Waals surface area contributed by atoms with Crippen molar-refractivity contribution in [1.29, 1.82) is 0 Å². The van der Waals surface area contributed by atoms with Gasteiger partial charge in [-0.15, -0.1) is 0 Å². The fraction of sp³-hybridized carbons (Fsp3) is 0.826. The zero-order valence-electron chi connectivity index (χ0n) is 17.7. The number of halogens is 2. The van der Waals surface area contributed by atoms with Gasteiger partial charge in [-0.3, -0.25) is 0 Å². The van der Waals surface area contributed by atoms with E-state index in [-0.39, 0.29) is 18.7 Å². The van der Waals surface area contributed by atoms with Gasteiger partial charge in [0.2, 0.25) is 0 Å². The average Bonchev–Trinajstić information content (AvgIpc) is 2.97. The smallest absolute Gasteiger partial charge is 0.158 e. The van der Waals surface area contributed by atoms with Crippen molar-refractivity contribution in [2.75, 3.05) is 13.2 Å². The van der Waals surface area contributed by atoms with Gasteiger partial charge in [0, 0.05) is 19.6 Å². The van der Waals surface area contributed by atoms with Gasteiger partial charge in [-0.2, -0.15) is 0 Å². The minimum atomic E-state index is -0.679. The summed E-state index contributed by atoms with van der Waals surface area (Å²) in [6.45, 7) is 3.70. The van der Waals surface area contributed by atoms with Crippen LogP contribution in [0, 0.1) is 0 Å². The highest BCUT2D eigenvalue weighted by Crippen LogP contribution is 2.48. The Hall–Kier alpha value is -0.100. The normalized spacial score (nSPS) is 33.7. The molecule has 2 saturated heterocycles. The van der Waals surface area contributed by atoms with Crippen LogP contribution in [0.2, 0.25) is 0 Å². The molecule has 3 rings (SSSR count). The van der Waals surface area contributed by atoms with Gasteiger partial charge >= 0.3 is 0 Å². The van der Waals surface area contributed by atoms with Crippen molar-refractivity contribution >= 4 is 23.2 Å². The van der Waals surface area contributed by atoms with Crippen LogP contribution in [0.5, 0.6) is 0 Å². The van der Waals surface area contributed by atoms with E-state index in [1.807, 2.05) is 0 Å². The summed E-state index contributed by atoms with van der Waals surface area (Å²) in [6, 6.07) is 0. The molecule has 0 amide bonds. The zero-order valence-corrected chi connectivity index (χ0v) is 19.2. The Labute approximate surface area is 185 Å². The molecule has 2 aliphatic heterocycles. The molecule has 0 bridgehead atoms. The molecule has 2 heterocycles. The Bertz CT molecular complexity index is 553. The molecule has 1 aliphatic carbocycles. The number of hydrogen-bond acceptors (Lipinski definition) is 4. The van der Waals surface area contributed by atoms with Crippen molar-refractivity contribution in [3.05, 3.63) is 22.2 Å². The van der Waals surface area contributed by atoms with E-state index in [2.05, 4.69) is 19.1 Å². The van der Waals surface area contributed by atoms with Crippen LogP contribution in [0.25, 0.3) is 0 Å². The molecular formula is C23H36Cl2O4. The molecule has 0 spiro atoms. The molecule has 0 saturated carbocycles. The van der Waals surface area contributed by atoms with Gasteiger partial charge < -0.3 is 18.9 Å². The minimum Gasteiger partial charge on any atom is -0.353 e. The number of hydrogen-bond donors (Lipinski definition) is 0. The molecule has 4 nitrogen and oxygen atoms in total. The molecule has 6 heteroatoms. The summed E-state index contributed by atoms with van der Waals surface area (Å²) in [5.74, 6) is 0. The molecule has 29 heavy (non-hydrogen) atoms. The maximum atomic E-state index is 6.79. The summed E-state index contributed by atoms with van der Waals surface area (Å²) in [5.41, 5.74) is -0.679. The zero-order chi connectivity index (χ0) is 20.5. The van der Waals surface area contributed by atoms with Gasteiger partial charge in [0.25, 0.3) is 0 Å². The van der Waals surface area contributed by atoms with Crippen LogP contribution in [0.4, 0.5) is 0 Å². The van der Waals surface area contributed by atoms with Crippen LogP contribution in [0.1, 0.15) is 84.0 Å². The van der Waals surface area contributed by atoms with Crippen LogP contribution in [-0.2, 0) is 18.9 Å². The minimum absolute atomic E-state index is 0.210. The number of ether oxygens (including phenoxy) is 4. The predicted octanol–water partition coefficient (Wildman–Crippen LogP) is 6.80. The Morgan fingerprint density at radius 3 is 2.38 bits per heavy atom. The molecular weight excluding hydrogens is 411 g/mol. The van der Waals surface area contributed by atoms with E-state index in [9.17, 15) is 0 Å². The summed E-state index contributed by atoms with van der Waals surface area (Å²) < 4.78 is 24.3. The maximum Gasteiger partial charge on any atom is 0.158 e. The van der Waals surface area contributed by atoms with Gasteiger partial charge in [0.15, 0.2) is 12.6 Å². The van der Waals surface area contributed by atoms with E-state index < -0.39 is 5.60 Å². The lowest BCUT2D eigenvalue weighted by molar-refractivity contribution is -0.223. The maximum absolute atomic E-state index is 6.79. The van der Waals surface area contributed by atoms with E-state index in [0.717, 1.165) is 58.2 Å². The highest BCUT2D eigenvalue weighted by atomic mass is 35.5. The largest absolute Gasteiger partial charge is 0.353 e. The second kappa shape index (κ2) is 12.1. The van der Waals surface area contributed by atoms with Gasteiger partial charge in [0.1, 0.15) is 11.7 Å². The second-order valence-electron chi connectivity index (χ2n) is 8.37.